The van der Waals surface area contributed by atoms with Gasteiger partial charge in [-0.3, -0.25) is 0 Å². The minimum atomic E-state index is -0.481. The summed E-state index contributed by atoms with van der Waals surface area (Å²) in [6, 6.07) is 66.7. The molecule has 0 fully saturated rings. The van der Waals surface area contributed by atoms with Gasteiger partial charge < -0.3 is 4.42 Å². The highest BCUT2D eigenvalue weighted by Crippen LogP contribution is 2.63. The molecule has 10 aromatic rings. The van der Waals surface area contributed by atoms with Gasteiger partial charge in [0.1, 0.15) is 11.2 Å². The topological polar surface area (TPSA) is 51.8 Å². The maximum absolute atomic E-state index is 6.87. The van der Waals surface area contributed by atoms with E-state index in [1.807, 2.05) is 72.8 Å². The van der Waals surface area contributed by atoms with Gasteiger partial charge in [0.15, 0.2) is 17.5 Å². The number of hydrogen-bond donors (Lipinski definition) is 0. The molecule has 260 valence electrons. The van der Waals surface area contributed by atoms with Crippen molar-refractivity contribution in [3.8, 4) is 67.5 Å². The number of rotatable bonds is 4. The average Bonchev–Trinajstić information content (AvgIpc) is 3.90. The molecule has 4 nitrogen and oxygen atoms in total. The fraction of sp³-hybridized carbons (Fsp3) is 0.0192. The van der Waals surface area contributed by atoms with E-state index in [-0.39, 0.29) is 0 Å². The van der Waals surface area contributed by atoms with Crippen molar-refractivity contribution in [3.05, 3.63) is 210 Å². The smallest absolute Gasteiger partial charge is 0.164 e. The normalized spacial score (nSPS) is 13.1. The van der Waals surface area contributed by atoms with Crippen molar-refractivity contribution in [1.82, 2.24) is 15.0 Å². The number of hydrogen-bond acceptors (Lipinski definition) is 4. The lowest BCUT2D eigenvalue weighted by atomic mass is 9.70. The molecule has 0 saturated heterocycles. The van der Waals surface area contributed by atoms with E-state index in [2.05, 4.69) is 115 Å². The third kappa shape index (κ3) is 4.27. The van der Waals surface area contributed by atoms with E-state index >= 15 is 0 Å². The van der Waals surface area contributed by atoms with Crippen molar-refractivity contribution in [2.24, 2.45) is 0 Å². The van der Waals surface area contributed by atoms with Crippen LogP contribution >= 0.6 is 0 Å². The standard InChI is InChI=1S/C52H31N3O/c1-3-15-32(16-4-1)49-53-50(33-17-5-2-6-18-33)55-51(54-49)41-30-29-40-39-22-10-14-26-46(39)56-48(40)47(41)34-27-28-38-37-21-9-13-25-44(37)52(45(38)31-34)42-23-11-7-19-35(42)36-20-8-12-24-43(36)52/h1-31H. The van der Waals surface area contributed by atoms with E-state index in [0.29, 0.717) is 17.5 Å². The molecule has 12 rings (SSSR count). The van der Waals surface area contributed by atoms with Crippen LogP contribution in [0.15, 0.2) is 192 Å². The quantitative estimate of drug-likeness (QED) is 0.182. The van der Waals surface area contributed by atoms with E-state index in [0.717, 1.165) is 49.8 Å². The van der Waals surface area contributed by atoms with Gasteiger partial charge in [0.05, 0.1) is 5.41 Å². The SMILES string of the molecule is c1ccc(-c2nc(-c3ccccc3)nc(-c3ccc4c(oc5ccccc54)c3-c3ccc4c(c3)C3(c5ccccc5-c5ccccc53)c3ccccc3-4)n2)cc1. The van der Waals surface area contributed by atoms with E-state index in [9.17, 15) is 0 Å². The molecule has 4 heteroatoms. The molecule has 0 N–H and O–H groups in total. The van der Waals surface area contributed by atoms with Crippen molar-refractivity contribution in [3.63, 3.8) is 0 Å². The van der Waals surface area contributed by atoms with E-state index in [4.69, 9.17) is 19.4 Å². The Kier molecular flexibility index (Phi) is 6.52. The Hall–Kier alpha value is -7.43. The van der Waals surface area contributed by atoms with Gasteiger partial charge in [-0.15, -0.1) is 0 Å². The summed E-state index contributed by atoms with van der Waals surface area (Å²) < 4.78 is 6.87. The van der Waals surface area contributed by atoms with Gasteiger partial charge in [-0.2, -0.15) is 0 Å². The van der Waals surface area contributed by atoms with Crippen LogP contribution in [0, 0.1) is 0 Å². The lowest BCUT2D eigenvalue weighted by Gasteiger charge is -2.30. The van der Waals surface area contributed by atoms with E-state index in [1.54, 1.807) is 0 Å². The molecule has 0 bridgehead atoms. The summed E-state index contributed by atoms with van der Waals surface area (Å²) in [7, 11) is 0. The Balaban J connectivity index is 1.18. The highest BCUT2D eigenvalue weighted by molar-refractivity contribution is 6.13. The van der Waals surface area contributed by atoms with Crippen molar-refractivity contribution in [1.29, 1.82) is 0 Å². The summed E-state index contributed by atoms with van der Waals surface area (Å²) in [6.45, 7) is 0. The number of benzene rings is 8. The monoisotopic (exact) mass is 713 g/mol. The zero-order valence-corrected chi connectivity index (χ0v) is 30.1. The molecular formula is C52H31N3O. The number of para-hydroxylation sites is 1. The second kappa shape index (κ2) is 11.8. The zero-order chi connectivity index (χ0) is 36.8. The molecule has 2 heterocycles. The van der Waals surface area contributed by atoms with Crippen LogP contribution in [-0.4, -0.2) is 15.0 Å². The summed E-state index contributed by atoms with van der Waals surface area (Å²) in [5.74, 6) is 1.82. The highest BCUT2D eigenvalue weighted by atomic mass is 16.3. The molecule has 0 aliphatic heterocycles. The van der Waals surface area contributed by atoms with Crippen molar-refractivity contribution >= 4 is 21.9 Å². The van der Waals surface area contributed by atoms with Gasteiger partial charge in [0.2, 0.25) is 0 Å². The lowest BCUT2D eigenvalue weighted by molar-refractivity contribution is 0.670. The van der Waals surface area contributed by atoms with Crippen LogP contribution in [0.3, 0.4) is 0 Å². The Morgan fingerprint density at radius 3 is 1.43 bits per heavy atom. The molecule has 56 heavy (non-hydrogen) atoms. The van der Waals surface area contributed by atoms with Gasteiger partial charge in [-0.25, -0.2) is 15.0 Å². The molecule has 8 aromatic carbocycles. The molecule has 2 aliphatic rings. The van der Waals surface area contributed by atoms with E-state index in [1.165, 1.54) is 44.5 Å². The van der Waals surface area contributed by atoms with Crippen molar-refractivity contribution in [2.75, 3.05) is 0 Å². The molecular weight excluding hydrogens is 683 g/mol. The first-order chi connectivity index (χ1) is 27.8. The van der Waals surface area contributed by atoms with Crippen LogP contribution in [0.5, 0.6) is 0 Å². The summed E-state index contributed by atoms with van der Waals surface area (Å²) in [5, 5.41) is 2.12. The second-order valence-electron chi connectivity index (χ2n) is 14.6. The van der Waals surface area contributed by atoms with Crippen LogP contribution in [0.4, 0.5) is 0 Å². The molecule has 0 saturated carbocycles. The molecule has 2 aromatic heterocycles. The van der Waals surface area contributed by atoms with Gasteiger partial charge in [0.25, 0.3) is 0 Å². The first-order valence-corrected chi connectivity index (χ1v) is 19.0. The predicted molar refractivity (Wildman–Crippen MR) is 225 cm³/mol. The predicted octanol–water partition coefficient (Wildman–Crippen LogP) is 12.8. The second-order valence-corrected chi connectivity index (χ2v) is 14.6. The average molecular weight is 714 g/mol. The fourth-order valence-electron chi connectivity index (χ4n) is 9.44. The van der Waals surface area contributed by atoms with Gasteiger partial charge in [0, 0.05) is 33.0 Å². The van der Waals surface area contributed by atoms with Crippen LogP contribution < -0.4 is 0 Å². The number of fused-ring (bicyclic) bond motifs is 13. The summed E-state index contributed by atoms with van der Waals surface area (Å²) in [6.07, 6.45) is 0. The Labute approximate surface area is 323 Å². The maximum Gasteiger partial charge on any atom is 0.164 e. The van der Waals surface area contributed by atoms with Crippen LogP contribution in [0.2, 0.25) is 0 Å². The molecule has 0 radical (unpaired) electrons. The van der Waals surface area contributed by atoms with Gasteiger partial charge in [-0.1, -0.05) is 164 Å². The number of nitrogens with zero attached hydrogens (tertiary/aromatic N) is 3. The molecule has 0 amide bonds. The number of furan rings is 1. The van der Waals surface area contributed by atoms with Crippen LogP contribution in [0.25, 0.3) is 89.5 Å². The summed E-state index contributed by atoms with van der Waals surface area (Å²) in [5.41, 5.74) is 16.2. The maximum atomic E-state index is 6.87. The van der Waals surface area contributed by atoms with Gasteiger partial charge >= 0.3 is 0 Å². The number of aromatic nitrogens is 3. The van der Waals surface area contributed by atoms with Crippen LogP contribution in [-0.2, 0) is 5.41 Å². The minimum absolute atomic E-state index is 0.481. The zero-order valence-electron chi connectivity index (χ0n) is 30.1. The largest absolute Gasteiger partial charge is 0.455 e. The van der Waals surface area contributed by atoms with Crippen molar-refractivity contribution < 1.29 is 4.42 Å². The summed E-state index contributed by atoms with van der Waals surface area (Å²) in [4.78, 5) is 15.4. The first-order valence-electron chi connectivity index (χ1n) is 19.0. The Bertz CT molecular complexity index is 3080. The lowest BCUT2D eigenvalue weighted by Crippen LogP contribution is -2.25. The highest BCUT2D eigenvalue weighted by Gasteiger charge is 2.51. The first kappa shape index (κ1) is 31.0. The molecule has 0 unspecified atom stereocenters. The summed E-state index contributed by atoms with van der Waals surface area (Å²) >= 11 is 0. The Morgan fingerprint density at radius 2 is 0.821 bits per heavy atom. The Morgan fingerprint density at radius 1 is 0.339 bits per heavy atom. The molecule has 0 atom stereocenters. The van der Waals surface area contributed by atoms with E-state index < -0.39 is 5.41 Å². The van der Waals surface area contributed by atoms with Crippen LogP contribution in [0.1, 0.15) is 22.3 Å². The molecule has 1 spiro atoms. The van der Waals surface area contributed by atoms with Gasteiger partial charge in [-0.05, 0) is 74.3 Å². The minimum Gasteiger partial charge on any atom is -0.455 e. The van der Waals surface area contributed by atoms with Crippen molar-refractivity contribution in [2.45, 2.75) is 5.41 Å². The molecule has 2 aliphatic carbocycles. The third-order valence-corrected chi connectivity index (χ3v) is 11.8. The fourth-order valence-corrected chi connectivity index (χ4v) is 9.44. The third-order valence-electron chi connectivity index (χ3n) is 11.8.